The zero-order chi connectivity index (χ0) is 14.1. The smallest absolute Gasteiger partial charge is 0.311 e. The Balaban J connectivity index is 1.84. The Kier molecular flexibility index (Phi) is 2.58. The van der Waals surface area contributed by atoms with E-state index in [1.165, 1.54) is 0 Å². The molecule has 1 spiro atoms. The van der Waals surface area contributed by atoms with E-state index >= 15 is 0 Å². The Bertz CT molecular complexity index is 452. The molecule has 20 heavy (non-hydrogen) atoms. The minimum Gasteiger partial charge on any atom is -0.432 e. The van der Waals surface area contributed by atoms with E-state index in [1.54, 1.807) is 0 Å². The molecule has 1 aliphatic carbocycles. The van der Waals surface area contributed by atoms with Crippen LogP contribution in [0.3, 0.4) is 0 Å². The van der Waals surface area contributed by atoms with Crippen LogP contribution in [-0.4, -0.2) is 23.6 Å². The van der Waals surface area contributed by atoms with Gasteiger partial charge in [0.15, 0.2) is 5.60 Å². The zero-order valence-electron chi connectivity index (χ0n) is 12.3. The molecular weight excluding hydrogens is 260 g/mol. The van der Waals surface area contributed by atoms with Crippen LogP contribution in [0.1, 0.15) is 46.5 Å². The molecule has 1 saturated carbocycles. The molecule has 0 aromatic carbocycles. The van der Waals surface area contributed by atoms with Gasteiger partial charge in [0.1, 0.15) is 0 Å². The summed E-state index contributed by atoms with van der Waals surface area (Å²) in [5, 5.41) is 0. The van der Waals surface area contributed by atoms with Crippen LogP contribution >= 0.6 is 0 Å². The van der Waals surface area contributed by atoms with Gasteiger partial charge >= 0.3 is 5.97 Å². The quantitative estimate of drug-likeness (QED) is 0.504. The van der Waals surface area contributed by atoms with Gasteiger partial charge in [-0.1, -0.05) is 13.8 Å². The molecule has 4 aliphatic heterocycles. The van der Waals surface area contributed by atoms with Crippen LogP contribution in [0.15, 0.2) is 0 Å². The fraction of sp³-hybridized carbons (Fsp3) is 0.933. The first-order chi connectivity index (χ1) is 9.46. The Morgan fingerprint density at radius 2 is 1.90 bits per heavy atom. The molecule has 0 amide bonds. The lowest BCUT2D eigenvalue weighted by molar-refractivity contribution is -0.559. The third kappa shape index (κ3) is 1.46. The van der Waals surface area contributed by atoms with E-state index < -0.39 is 17.7 Å². The molecule has 5 heteroatoms. The molecule has 0 aromatic rings. The maximum Gasteiger partial charge on any atom is 0.311 e. The van der Waals surface area contributed by atoms with Crippen LogP contribution in [0, 0.1) is 23.7 Å². The molecule has 4 saturated heterocycles. The third-order valence-corrected chi connectivity index (χ3v) is 5.97. The number of esters is 1. The predicted octanol–water partition coefficient (Wildman–Crippen LogP) is 2.39. The fourth-order valence-electron chi connectivity index (χ4n) is 4.76. The summed E-state index contributed by atoms with van der Waals surface area (Å²) >= 11 is 0. The van der Waals surface area contributed by atoms with Crippen molar-refractivity contribution in [3.63, 3.8) is 0 Å². The maximum absolute atomic E-state index is 12.1. The topological polar surface area (TPSA) is 54.0 Å². The van der Waals surface area contributed by atoms with Gasteiger partial charge in [0, 0.05) is 18.3 Å². The Morgan fingerprint density at radius 1 is 1.10 bits per heavy atom. The summed E-state index contributed by atoms with van der Waals surface area (Å²) in [4.78, 5) is 23.7. The summed E-state index contributed by atoms with van der Waals surface area (Å²) < 4.78 is 11.6. The minimum atomic E-state index is -0.793. The standard InChI is InChI=1S/C15H22O5/c1-8-4-5-11-9(2)12(16)17-13-15(11)10(8)6-7-14(3,18-13)19-20-15/h8-11,13H,4-7H2,1-3H3/t8-,9-,10+,11+,13-,14-,15?/m1/s1. The van der Waals surface area contributed by atoms with E-state index in [9.17, 15) is 4.79 Å². The van der Waals surface area contributed by atoms with Gasteiger partial charge in [-0.3, -0.25) is 4.79 Å². The van der Waals surface area contributed by atoms with Crippen LogP contribution in [-0.2, 0) is 24.0 Å². The summed E-state index contributed by atoms with van der Waals surface area (Å²) in [6, 6.07) is 0. The second kappa shape index (κ2) is 3.96. The molecule has 5 nitrogen and oxygen atoms in total. The number of carbonyl (C=O) groups excluding carboxylic acids is 1. The van der Waals surface area contributed by atoms with Crippen molar-refractivity contribution >= 4 is 5.97 Å². The number of fused-ring (bicyclic) bond motifs is 2. The van der Waals surface area contributed by atoms with Gasteiger partial charge in [0.05, 0.1) is 5.92 Å². The normalized spacial score (nSPS) is 57.8. The summed E-state index contributed by atoms with van der Waals surface area (Å²) in [6.45, 7) is 6.06. The first-order valence-electron chi connectivity index (χ1n) is 7.71. The average Bonchev–Trinajstić information content (AvgIpc) is 2.63. The monoisotopic (exact) mass is 282 g/mol. The molecule has 7 atom stereocenters. The molecule has 4 heterocycles. The van der Waals surface area contributed by atoms with E-state index in [2.05, 4.69) is 6.92 Å². The molecule has 5 aliphatic rings. The predicted molar refractivity (Wildman–Crippen MR) is 68.0 cm³/mol. The zero-order valence-corrected chi connectivity index (χ0v) is 12.3. The van der Waals surface area contributed by atoms with Crippen LogP contribution in [0.4, 0.5) is 0 Å². The second-order valence-electron chi connectivity index (χ2n) is 7.14. The highest BCUT2D eigenvalue weighted by atomic mass is 17.3. The van der Waals surface area contributed by atoms with Crippen molar-refractivity contribution < 1.29 is 24.0 Å². The van der Waals surface area contributed by atoms with Crippen molar-refractivity contribution in [2.45, 2.75) is 64.1 Å². The van der Waals surface area contributed by atoms with Crippen LogP contribution in [0.5, 0.6) is 0 Å². The van der Waals surface area contributed by atoms with Crippen molar-refractivity contribution in [1.82, 2.24) is 0 Å². The highest BCUT2D eigenvalue weighted by molar-refractivity contribution is 5.74. The van der Waals surface area contributed by atoms with Gasteiger partial charge in [-0.15, -0.1) is 0 Å². The molecule has 0 N–H and O–H groups in total. The summed E-state index contributed by atoms with van der Waals surface area (Å²) in [6.07, 6.45) is 3.24. The molecule has 5 fully saturated rings. The number of ether oxygens (including phenoxy) is 2. The Hall–Kier alpha value is -0.650. The summed E-state index contributed by atoms with van der Waals surface area (Å²) in [5.41, 5.74) is -0.610. The number of hydrogen-bond donors (Lipinski definition) is 0. The van der Waals surface area contributed by atoms with Crippen molar-refractivity contribution in [1.29, 1.82) is 0 Å². The first kappa shape index (κ1) is 13.0. The van der Waals surface area contributed by atoms with E-state index in [0.717, 1.165) is 25.7 Å². The van der Waals surface area contributed by atoms with Crippen LogP contribution in [0.25, 0.3) is 0 Å². The van der Waals surface area contributed by atoms with Gasteiger partial charge in [0.25, 0.3) is 0 Å². The lowest BCUT2D eigenvalue weighted by Gasteiger charge is -2.57. The Morgan fingerprint density at radius 3 is 2.70 bits per heavy atom. The van der Waals surface area contributed by atoms with Crippen molar-refractivity contribution in [3.8, 4) is 0 Å². The van der Waals surface area contributed by atoms with E-state index in [-0.39, 0.29) is 17.8 Å². The van der Waals surface area contributed by atoms with Gasteiger partial charge in [-0.25, -0.2) is 9.78 Å². The van der Waals surface area contributed by atoms with Gasteiger partial charge in [-0.2, -0.15) is 0 Å². The lowest BCUT2D eigenvalue weighted by Crippen LogP contribution is -2.69. The SMILES string of the molecule is C[C@@H]1CC[C@H]2[C@@H](C)C(=O)O[C@@H]3O[C@@]4(C)CC[C@@H]1C32OO4. The van der Waals surface area contributed by atoms with Crippen LogP contribution in [0.2, 0.25) is 0 Å². The van der Waals surface area contributed by atoms with Crippen LogP contribution < -0.4 is 0 Å². The fourth-order valence-corrected chi connectivity index (χ4v) is 4.76. The molecule has 112 valence electrons. The highest BCUT2D eigenvalue weighted by Gasteiger charge is 2.69. The number of rotatable bonds is 0. The third-order valence-electron chi connectivity index (χ3n) is 5.97. The molecule has 0 aromatic heterocycles. The lowest BCUT2D eigenvalue weighted by atomic mass is 9.58. The molecule has 0 radical (unpaired) electrons. The average molecular weight is 282 g/mol. The van der Waals surface area contributed by atoms with Gasteiger partial charge in [-0.05, 0) is 32.1 Å². The van der Waals surface area contributed by atoms with Crippen molar-refractivity contribution in [3.05, 3.63) is 0 Å². The number of hydrogen-bond acceptors (Lipinski definition) is 5. The minimum absolute atomic E-state index is 0.123. The maximum atomic E-state index is 12.1. The van der Waals surface area contributed by atoms with Gasteiger partial charge < -0.3 is 9.47 Å². The van der Waals surface area contributed by atoms with Crippen molar-refractivity contribution in [2.75, 3.05) is 0 Å². The Labute approximate surface area is 118 Å². The first-order valence-corrected chi connectivity index (χ1v) is 7.71. The van der Waals surface area contributed by atoms with E-state index in [0.29, 0.717) is 11.8 Å². The summed E-state index contributed by atoms with van der Waals surface area (Å²) in [5.74, 6) is -0.137. The van der Waals surface area contributed by atoms with E-state index in [4.69, 9.17) is 19.2 Å². The molecular formula is C15H22O5. The second-order valence-corrected chi connectivity index (χ2v) is 7.14. The molecule has 1 unspecified atom stereocenters. The highest BCUT2D eigenvalue weighted by Crippen LogP contribution is 2.59. The van der Waals surface area contributed by atoms with Gasteiger partial charge in [0.2, 0.25) is 12.1 Å². The summed E-state index contributed by atoms with van der Waals surface area (Å²) in [7, 11) is 0. The van der Waals surface area contributed by atoms with Crippen molar-refractivity contribution in [2.24, 2.45) is 23.7 Å². The molecule has 2 bridgehead atoms. The molecule has 5 rings (SSSR count). The largest absolute Gasteiger partial charge is 0.432 e. The number of carbonyl (C=O) groups is 1. The van der Waals surface area contributed by atoms with E-state index in [1.807, 2.05) is 13.8 Å².